The summed E-state index contributed by atoms with van der Waals surface area (Å²) in [5.41, 5.74) is -0.752. The van der Waals surface area contributed by atoms with Crippen LogP contribution in [0.3, 0.4) is 0 Å². The van der Waals surface area contributed by atoms with E-state index in [2.05, 4.69) is 25.9 Å². The van der Waals surface area contributed by atoms with Gasteiger partial charge in [-0.3, -0.25) is 4.99 Å². The summed E-state index contributed by atoms with van der Waals surface area (Å²) in [6.07, 6.45) is -0.809. The zero-order valence-corrected chi connectivity index (χ0v) is 19.5. The standard InChI is InChI=1S/C19H30F3N5O2.HI/c1-23-18(26-9-3-10-28-13-15-6-11-29-14-15)25-8-2-7-24-17-5-4-16(12-27-17)19(20,21)22;/h4-5,12,15H,2-3,6-11,13-14H2,1H3,(H,24,27)(H2,23,25,26);1H. The molecule has 1 aromatic heterocycles. The molecule has 1 aliphatic heterocycles. The van der Waals surface area contributed by atoms with E-state index >= 15 is 0 Å². The summed E-state index contributed by atoms with van der Waals surface area (Å²) in [5.74, 6) is 1.66. The number of nitrogens with one attached hydrogen (secondary N) is 3. The van der Waals surface area contributed by atoms with E-state index < -0.39 is 11.7 Å². The molecule has 1 saturated heterocycles. The monoisotopic (exact) mass is 545 g/mol. The molecule has 1 fully saturated rings. The quantitative estimate of drug-likeness (QED) is 0.172. The van der Waals surface area contributed by atoms with Crippen LogP contribution in [0.15, 0.2) is 23.3 Å². The number of guanidine groups is 1. The van der Waals surface area contributed by atoms with Crippen molar-refractivity contribution in [3.63, 3.8) is 0 Å². The summed E-state index contributed by atoms with van der Waals surface area (Å²) in [7, 11) is 1.70. The van der Waals surface area contributed by atoms with Gasteiger partial charge in [0.25, 0.3) is 0 Å². The van der Waals surface area contributed by atoms with Crippen LogP contribution in [0.4, 0.5) is 19.0 Å². The van der Waals surface area contributed by atoms with Crippen molar-refractivity contribution in [2.75, 3.05) is 58.4 Å². The van der Waals surface area contributed by atoms with E-state index in [0.29, 0.717) is 37.4 Å². The number of rotatable bonds is 11. The van der Waals surface area contributed by atoms with Gasteiger partial charge in [0.05, 0.1) is 18.8 Å². The van der Waals surface area contributed by atoms with Crippen LogP contribution in [0.5, 0.6) is 0 Å². The Morgan fingerprint density at radius 3 is 2.60 bits per heavy atom. The number of ether oxygens (including phenoxy) is 2. The van der Waals surface area contributed by atoms with Crippen molar-refractivity contribution in [3.05, 3.63) is 23.9 Å². The van der Waals surface area contributed by atoms with Crippen LogP contribution in [0.1, 0.15) is 24.8 Å². The predicted octanol–water partition coefficient (Wildman–Crippen LogP) is 3.13. The van der Waals surface area contributed by atoms with Gasteiger partial charge in [0, 0.05) is 52.0 Å². The molecule has 30 heavy (non-hydrogen) atoms. The van der Waals surface area contributed by atoms with Crippen LogP contribution in [0.2, 0.25) is 0 Å². The molecule has 0 amide bonds. The minimum Gasteiger partial charge on any atom is -0.381 e. The van der Waals surface area contributed by atoms with E-state index in [1.54, 1.807) is 7.05 Å². The maximum absolute atomic E-state index is 12.5. The van der Waals surface area contributed by atoms with E-state index in [1.165, 1.54) is 6.07 Å². The molecular weight excluding hydrogens is 514 g/mol. The van der Waals surface area contributed by atoms with E-state index in [4.69, 9.17) is 9.47 Å². The highest BCUT2D eigenvalue weighted by Gasteiger charge is 2.30. The van der Waals surface area contributed by atoms with Crippen molar-refractivity contribution < 1.29 is 22.6 Å². The van der Waals surface area contributed by atoms with Gasteiger partial charge in [-0.2, -0.15) is 13.2 Å². The lowest BCUT2D eigenvalue weighted by molar-refractivity contribution is -0.137. The van der Waals surface area contributed by atoms with Crippen molar-refractivity contribution in [1.29, 1.82) is 0 Å². The summed E-state index contributed by atoms with van der Waals surface area (Å²) in [6, 6.07) is 2.35. The molecule has 1 aliphatic rings. The molecule has 11 heteroatoms. The van der Waals surface area contributed by atoms with Crippen molar-refractivity contribution in [1.82, 2.24) is 15.6 Å². The third-order valence-corrected chi connectivity index (χ3v) is 4.40. The van der Waals surface area contributed by atoms with Crippen LogP contribution in [-0.2, 0) is 15.7 Å². The Labute approximate surface area is 192 Å². The predicted molar refractivity (Wildman–Crippen MR) is 121 cm³/mol. The van der Waals surface area contributed by atoms with Gasteiger partial charge < -0.3 is 25.4 Å². The van der Waals surface area contributed by atoms with Crippen molar-refractivity contribution in [2.45, 2.75) is 25.4 Å². The molecule has 0 saturated carbocycles. The largest absolute Gasteiger partial charge is 0.417 e. The third-order valence-electron chi connectivity index (χ3n) is 4.40. The maximum atomic E-state index is 12.5. The molecule has 3 N–H and O–H groups in total. The van der Waals surface area contributed by atoms with Crippen LogP contribution >= 0.6 is 24.0 Å². The average Bonchev–Trinajstić information content (AvgIpc) is 3.22. The van der Waals surface area contributed by atoms with Gasteiger partial charge in [0.15, 0.2) is 5.96 Å². The number of alkyl halides is 3. The second-order valence-electron chi connectivity index (χ2n) is 6.79. The molecule has 0 spiro atoms. The fourth-order valence-electron chi connectivity index (χ4n) is 2.74. The Kier molecular flexibility index (Phi) is 13.0. The van der Waals surface area contributed by atoms with Crippen LogP contribution in [-0.4, -0.2) is 64.1 Å². The lowest BCUT2D eigenvalue weighted by Crippen LogP contribution is -2.38. The SMILES string of the molecule is CN=C(NCCCNc1ccc(C(F)(F)F)cn1)NCCCOCC1CCOC1.I. The second kappa shape index (κ2) is 14.6. The Morgan fingerprint density at radius 2 is 2.00 bits per heavy atom. The Bertz CT molecular complexity index is 611. The lowest BCUT2D eigenvalue weighted by Gasteiger charge is -2.13. The van der Waals surface area contributed by atoms with E-state index in [0.717, 1.165) is 57.9 Å². The summed E-state index contributed by atoms with van der Waals surface area (Å²) in [4.78, 5) is 7.93. The number of nitrogens with zero attached hydrogens (tertiary/aromatic N) is 2. The minimum atomic E-state index is -4.37. The summed E-state index contributed by atoms with van der Waals surface area (Å²) in [5, 5.41) is 9.41. The van der Waals surface area contributed by atoms with Gasteiger partial charge >= 0.3 is 6.18 Å². The summed E-state index contributed by atoms with van der Waals surface area (Å²) >= 11 is 0. The Hall–Kier alpha value is -1.34. The fourth-order valence-corrected chi connectivity index (χ4v) is 2.74. The smallest absolute Gasteiger partial charge is 0.381 e. The average molecular weight is 545 g/mol. The van der Waals surface area contributed by atoms with Gasteiger partial charge in [0.2, 0.25) is 0 Å². The number of hydrogen-bond acceptors (Lipinski definition) is 5. The van der Waals surface area contributed by atoms with Gasteiger partial charge in [-0.1, -0.05) is 0 Å². The van der Waals surface area contributed by atoms with Crippen LogP contribution in [0.25, 0.3) is 0 Å². The second-order valence-corrected chi connectivity index (χ2v) is 6.79. The molecule has 0 bridgehead atoms. The summed E-state index contributed by atoms with van der Waals surface area (Å²) < 4.78 is 48.5. The zero-order chi connectivity index (χ0) is 21.0. The molecule has 7 nitrogen and oxygen atoms in total. The fraction of sp³-hybridized carbons (Fsp3) is 0.684. The highest BCUT2D eigenvalue weighted by molar-refractivity contribution is 14.0. The first-order valence-corrected chi connectivity index (χ1v) is 9.86. The zero-order valence-electron chi connectivity index (χ0n) is 17.1. The molecule has 2 heterocycles. The molecule has 172 valence electrons. The molecule has 0 aromatic carbocycles. The third kappa shape index (κ3) is 10.6. The number of anilines is 1. The van der Waals surface area contributed by atoms with Crippen molar-refractivity contribution in [2.24, 2.45) is 10.9 Å². The van der Waals surface area contributed by atoms with E-state index in [9.17, 15) is 13.2 Å². The number of pyridine rings is 1. The van der Waals surface area contributed by atoms with E-state index in [1.807, 2.05) is 0 Å². The molecule has 1 unspecified atom stereocenters. The van der Waals surface area contributed by atoms with Gasteiger partial charge in [-0.15, -0.1) is 24.0 Å². The number of halogens is 4. The van der Waals surface area contributed by atoms with Gasteiger partial charge in [0.1, 0.15) is 5.82 Å². The van der Waals surface area contributed by atoms with Gasteiger partial charge in [-0.25, -0.2) is 4.98 Å². The number of aliphatic imine (C=N–C) groups is 1. The molecular formula is C19H31F3IN5O2. The van der Waals surface area contributed by atoms with Crippen LogP contribution < -0.4 is 16.0 Å². The Balaban J connectivity index is 0.00000450. The lowest BCUT2D eigenvalue weighted by atomic mass is 10.1. The molecule has 1 atom stereocenters. The molecule has 2 rings (SSSR count). The Morgan fingerprint density at radius 1 is 1.23 bits per heavy atom. The van der Waals surface area contributed by atoms with Crippen molar-refractivity contribution in [3.8, 4) is 0 Å². The normalized spacial score (nSPS) is 16.8. The number of aromatic nitrogens is 1. The first-order chi connectivity index (χ1) is 14.0. The van der Waals surface area contributed by atoms with E-state index in [-0.39, 0.29) is 24.0 Å². The van der Waals surface area contributed by atoms with Gasteiger partial charge in [-0.05, 0) is 31.4 Å². The molecule has 0 aliphatic carbocycles. The topological polar surface area (TPSA) is 79.8 Å². The minimum absolute atomic E-state index is 0. The van der Waals surface area contributed by atoms with Crippen LogP contribution in [0, 0.1) is 5.92 Å². The maximum Gasteiger partial charge on any atom is 0.417 e. The molecule has 1 aromatic rings. The highest BCUT2D eigenvalue weighted by atomic mass is 127. The first-order valence-electron chi connectivity index (χ1n) is 9.86. The van der Waals surface area contributed by atoms with Crippen molar-refractivity contribution >= 4 is 35.8 Å². The highest BCUT2D eigenvalue weighted by Crippen LogP contribution is 2.28. The first kappa shape index (κ1) is 26.7. The summed E-state index contributed by atoms with van der Waals surface area (Å²) in [6.45, 7) is 5.12. The molecule has 0 radical (unpaired) electrons. The number of hydrogen-bond donors (Lipinski definition) is 3.